The van der Waals surface area contributed by atoms with Crippen molar-refractivity contribution in [1.82, 2.24) is 24.9 Å². The fourth-order valence-electron chi connectivity index (χ4n) is 4.16. The minimum atomic E-state index is -0.202. The Balaban J connectivity index is 1.30. The third-order valence-electron chi connectivity index (χ3n) is 6.00. The van der Waals surface area contributed by atoms with Crippen molar-refractivity contribution in [2.45, 2.75) is 58.3 Å². The number of carbonyl (C=O) groups is 2. The zero-order valence-electron chi connectivity index (χ0n) is 16.0. The number of hydrogen-bond acceptors (Lipinski definition) is 5. The van der Waals surface area contributed by atoms with Gasteiger partial charge in [0.1, 0.15) is 0 Å². The third-order valence-corrected chi connectivity index (χ3v) is 6.00. The van der Waals surface area contributed by atoms with Gasteiger partial charge in [-0.1, -0.05) is 6.42 Å². The second-order valence-electron chi connectivity index (χ2n) is 7.75. The molecule has 0 spiro atoms. The Morgan fingerprint density at radius 1 is 1.26 bits per heavy atom. The molecule has 2 fully saturated rings. The minimum absolute atomic E-state index is 0.166. The Kier molecular flexibility index (Phi) is 5.33. The van der Waals surface area contributed by atoms with Crippen LogP contribution in [0.15, 0.2) is 6.07 Å². The van der Waals surface area contributed by atoms with Gasteiger partial charge in [0, 0.05) is 38.1 Å². The number of rotatable bonds is 5. The van der Waals surface area contributed by atoms with Crippen LogP contribution in [0.2, 0.25) is 0 Å². The Morgan fingerprint density at radius 2 is 2.11 bits per heavy atom. The van der Waals surface area contributed by atoms with Crippen LogP contribution in [0.25, 0.3) is 0 Å². The maximum atomic E-state index is 12.0. The van der Waals surface area contributed by atoms with E-state index in [1.807, 2.05) is 11.8 Å². The number of nitrogens with zero attached hydrogens (tertiary/aromatic N) is 4. The zero-order chi connectivity index (χ0) is 18.8. The molecule has 0 aromatic carbocycles. The summed E-state index contributed by atoms with van der Waals surface area (Å²) in [5, 5.41) is 7.67. The number of likely N-dealkylation sites (tertiary alicyclic amines) is 1. The van der Waals surface area contributed by atoms with Crippen LogP contribution in [-0.4, -0.2) is 63.9 Å². The van der Waals surface area contributed by atoms with E-state index >= 15 is 0 Å². The monoisotopic (exact) mass is 375 g/mol. The highest BCUT2D eigenvalue weighted by molar-refractivity contribution is 5.79. The molecule has 4 rings (SSSR count). The average Bonchev–Trinajstić information content (AvgIpc) is 3.24. The minimum Gasteiger partial charge on any atom is -0.450 e. The Labute approximate surface area is 159 Å². The first-order valence-corrected chi connectivity index (χ1v) is 10.1. The SMILES string of the molecule is CCOC(=O)N1CC[C@@H](N2CCn3nc(CNC(=O)C4CCC4)cc3C2)C1. The molecule has 2 amide bonds. The number of ether oxygens (including phenoxy) is 1. The van der Waals surface area contributed by atoms with Gasteiger partial charge < -0.3 is 15.0 Å². The predicted molar refractivity (Wildman–Crippen MR) is 98.8 cm³/mol. The molecule has 148 valence electrons. The lowest BCUT2D eigenvalue weighted by molar-refractivity contribution is -0.127. The molecule has 1 aromatic rings. The summed E-state index contributed by atoms with van der Waals surface area (Å²) in [7, 11) is 0. The second-order valence-corrected chi connectivity index (χ2v) is 7.75. The second kappa shape index (κ2) is 7.88. The zero-order valence-corrected chi connectivity index (χ0v) is 16.0. The van der Waals surface area contributed by atoms with E-state index in [0.29, 0.717) is 19.2 Å². The van der Waals surface area contributed by atoms with Crippen molar-refractivity contribution in [3.63, 3.8) is 0 Å². The molecule has 1 saturated carbocycles. The molecule has 1 N–H and O–H groups in total. The van der Waals surface area contributed by atoms with Gasteiger partial charge in [0.2, 0.25) is 5.91 Å². The smallest absolute Gasteiger partial charge is 0.409 e. The molecular weight excluding hydrogens is 346 g/mol. The van der Waals surface area contributed by atoms with Crippen LogP contribution in [-0.2, 0) is 29.2 Å². The van der Waals surface area contributed by atoms with E-state index in [0.717, 1.165) is 57.7 Å². The Hall–Kier alpha value is -2.09. The summed E-state index contributed by atoms with van der Waals surface area (Å²) >= 11 is 0. The van der Waals surface area contributed by atoms with E-state index in [1.54, 1.807) is 0 Å². The molecule has 0 unspecified atom stereocenters. The molecule has 1 saturated heterocycles. The molecule has 1 aromatic heterocycles. The van der Waals surface area contributed by atoms with Crippen LogP contribution in [0.1, 0.15) is 44.0 Å². The first kappa shape index (κ1) is 18.3. The van der Waals surface area contributed by atoms with Gasteiger partial charge in [0.25, 0.3) is 0 Å². The van der Waals surface area contributed by atoms with Gasteiger partial charge in [-0.3, -0.25) is 14.4 Å². The molecule has 1 aliphatic carbocycles. The maximum Gasteiger partial charge on any atom is 0.409 e. The average molecular weight is 375 g/mol. The number of aromatic nitrogens is 2. The summed E-state index contributed by atoms with van der Waals surface area (Å²) < 4.78 is 7.17. The van der Waals surface area contributed by atoms with Gasteiger partial charge in [-0.2, -0.15) is 5.10 Å². The van der Waals surface area contributed by atoms with Gasteiger partial charge in [0.05, 0.1) is 31.1 Å². The van der Waals surface area contributed by atoms with Crippen LogP contribution < -0.4 is 5.32 Å². The molecule has 2 aliphatic heterocycles. The first-order valence-electron chi connectivity index (χ1n) is 10.1. The summed E-state index contributed by atoms with van der Waals surface area (Å²) in [6, 6.07) is 2.48. The lowest BCUT2D eigenvalue weighted by atomic mass is 9.85. The fraction of sp³-hybridized carbons (Fsp3) is 0.737. The summed E-state index contributed by atoms with van der Waals surface area (Å²) in [4.78, 5) is 28.2. The molecule has 8 heteroatoms. The topological polar surface area (TPSA) is 79.7 Å². The van der Waals surface area contributed by atoms with E-state index in [9.17, 15) is 9.59 Å². The molecule has 8 nitrogen and oxygen atoms in total. The van der Waals surface area contributed by atoms with Gasteiger partial charge in [-0.25, -0.2) is 4.79 Å². The fourth-order valence-corrected chi connectivity index (χ4v) is 4.16. The van der Waals surface area contributed by atoms with Gasteiger partial charge in [-0.15, -0.1) is 0 Å². The summed E-state index contributed by atoms with van der Waals surface area (Å²) in [6.45, 7) is 6.88. The molecule has 0 radical (unpaired) electrons. The molecule has 3 heterocycles. The van der Waals surface area contributed by atoms with E-state index in [4.69, 9.17) is 4.74 Å². The van der Waals surface area contributed by atoms with Crippen LogP contribution >= 0.6 is 0 Å². The van der Waals surface area contributed by atoms with Crippen molar-refractivity contribution in [1.29, 1.82) is 0 Å². The van der Waals surface area contributed by atoms with Crippen molar-refractivity contribution >= 4 is 12.0 Å². The highest BCUT2D eigenvalue weighted by Gasteiger charge is 2.33. The van der Waals surface area contributed by atoms with E-state index < -0.39 is 0 Å². The number of carbonyl (C=O) groups excluding carboxylic acids is 2. The molecular formula is C19H29N5O3. The highest BCUT2D eigenvalue weighted by Crippen LogP contribution is 2.26. The van der Waals surface area contributed by atoms with Crippen LogP contribution in [0.5, 0.6) is 0 Å². The van der Waals surface area contributed by atoms with Gasteiger partial charge in [0.15, 0.2) is 0 Å². The van der Waals surface area contributed by atoms with E-state index in [-0.39, 0.29) is 17.9 Å². The van der Waals surface area contributed by atoms with E-state index in [2.05, 4.69) is 26.1 Å². The van der Waals surface area contributed by atoms with E-state index in [1.165, 1.54) is 12.1 Å². The van der Waals surface area contributed by atoms with Crippen molar-refractivity contribution < 1.29 is 14.3 Å². The standard InChI is InChI=1S/C19H29N5O3/c1-2-27-19(26)23-7-6-16(12-23)22-8-9-24-17(13-22)10-15(21-24)11-20-18(25)14-4-3-5-14/h10,14,16H,2-9,11-13H2,1H3,(H,20,25)/t16-/m1/s1. The molecule has 27 heavy (non-hydrogen) atoms. The quantitative estimate of drug-likeness (QED) is 0.840. The van der Waals surface area contributed by atoms with Crippen molar-refractivity contribution in [2.24, 2.45) is 5.92 Å². The molecule has 1 atom stereocenters. The number of nitrogens with one attached hydrogen (secondary N) is 1. The van der Waals surface area contributed by atoms with Crippen molar-refractivity contribution in [3.05, 3.63) is 17.5 Å². The van der Waals surface area contributed by atoms with Crippen LogP contribution in [0.3, 0.4) is 0 Å². The first-order chi connectivity index (χ1) is 13.1. The number of fused-ring (bicyclic) bond motifs is 1. The molecule has 3 aliphatic rings. The highest BCUT2D eigenvalue weighted by atomic mass is 16.6. The Morgan fingerprint density at radius 3 is 2.85 bits per heavy atom. The normalized spacial score (nSPS) is 23.0. The van der Waals surface area contributed by atoms with Crippen LogP contribution in [0, 0.1) is 5.92 Å². The predicted octanol–water partition coefficient (Wildman–Crippen LogP) is 1.35. The van der Waals surface area contributed by atoms with Gasteiger partial charge in [-0.05, 0) is 32.3 Å². The molecule has 0 bridgehead atoms. The number of hydrogen-bond donors (Lipinski definition) is 1. The summed E-state index contributed by atoms with van der Waals surface area (Å²) in [5.41, 5.74) is 2.11. The van der Waals surface area contributed by atoms with Crippen molar-refractivity contribution in [3.8, 4) is 0 Å². The van der Waals surface area contributed by atoms with Gasteiger partial charge >= 0.3 is 6.09 Å². The largest absolute Gasteiger partial charge is 0.450 e. The number of amides is 2. The maximum absolute atomic E-state index is 12.0. The third kappa shape index (κ3) is 3.95. The van der Waals surface area contributed by atoms with Crippen LogP contribution in [0.4, 0.5) is 4.79 Å². The Bertz CT molecular complexity index is 700. The lowest BCUT2D eigenvalue weighted by Crippen LogP contribution is -2.43. The van der Waals surface area contributed by atoms with Crippen molar-refractivity contribution in [2.75, 3.05) is 26.2 Å². The summed E-state index contributed by atoms with van der Waals surface area (Å²) in [5.74, 6) is 0.376. The summed E-state index contributed by atoms with van der Waals surface area (Å²) in [6.07, 6.45) is 3.99. The lowest BCUT2D eigenvalue weighted by Gasteiger charge is -2.32.